The maximum Gasteiger partial charge on any atom is 0.417 e. The summed E-state index contributed by atoms with van der Waals surface area (Å²) >= 11 is 0. The number of carbonyl (C=O) groups excluding carboxylic acids is 2. The minimum Gasteiger partial charge on any atom is -0.478 e. The minimum absolute atomic E-state index is 0.0143. The van der Waals surface area contributed by atoms with Crippen molar-refractivity contribution in [3.63, 3.8) is 0 Å². The van der Waals surface area contributed by atoms with Crippen LogP contribution in [-0.4, -0.2) is 73.7 Å². The quantitative estimate of drug-likeness (QED) is 0.113. The molecule has 0 aliphatic rings. The predicted octanol–water partition coefficient (Wildman–Crippen LogP) is 6.53. The molecule has 0 aliphatic carbocycles. The molecule has 0 radical (unpaired) electrons. The number of hydrogen-bond acceptors (Lipinski definition) is 10. The number of ketones is 2. The first-order valence-corrected chi connectivity index (χ1v) is 16.7. The Morgan fingerprint density at radius 1 is 0.667 bits per heavy atom. The Hall–Kier alpha value is -7.79. The number of nitrogens with zero attached hydrogens (tertiary/aromatic N) is 8. The molecule has 6 rings (SSSR count). The number of aryl methyl sites for hydroxylation is 1. The summed E-state index contributed by atoms with van der Waals surface area (Å²) in [4.78, 5) is 55.2. The molecule has 2 N–H and O–H groups in total. The van der Waals surface area contributed by atoms with E-state index in [1.54, 1.807) is 51.2 Å². The highest BCUT2D eigenvalue weighted by Crippen LogP contribution is 2.34. The molecule has 0 saturated carbocycles. The lowest BCUT2D eigenvalue weighted by Gasteiger charge is -2.11. The van der Waals surface area contributed by atoms with E-state index in [9.17, 15) is 37.5 Å². The van der Waals surface area contributed by atoms with E-state index in [1.807, 2.05) is 0 Å². The van der Waals surface area contributed by atoms with Gasteiger partial charge < -0.3 is 10.2 Å². The summed E-state index contributed by atoms with van der Waals surface area (Å²) in [5, 5.41) is 34.6. The fourth-order valence-corrected chi connectivity index (χ4v) is 5.34. The van der Waals surface area contributed by atoms with Crippen molar-refractivity contribution in [1.82, 2.24) is 40.0 Å². The molecule has 17 heteroatoms. The van der Waals surface area contributed by atoms with Crippen molar-refractivity contribution in [2.45, 2.75) is 39.8 Å². The molecule has 0 aliphatic heterocycles. The van der Waals surface area contributed by atoms with Gasteiger partial charge in [0.15, 0.2) is 11.6 Å². The molecule has 0 unspecified atom stereocenters. The maximum absolute atomic E-state index is 13.5. The molecule has 0 amide bonds. The van der Waals surface area contributed by atoms with Crippen molar-refractivity contribution in [2.75, 3.05) is 0 Å². The van der Waals surface area contributed by atoms with Crippen LogP contribution >= 0.6 is 0 Å². The first-order valence-electron chi connectivity index (χ1n) is 16.7. The smallest absolute Gasteiger partial charge is 0.417 e. The number of carbonyl (C=O) groups is 4. The number of pyridine rings is 2. The summed E-state index contributed by atoms with van der Waals surface area (Å²) in [5.74, 6) is 1.73. The number of benzene rings is 2. The fourth-order valence-electron chi connectivity index (χ4n) is 5.34. The van der Waals surface area contributed by atoms with Crippen molar-refractivity contribution in [2.24, 2.45) is 0 Å². The van der Waals surface area contributed by atoms with E-state index in [2.05, 4.69) is 42.4 Å². The molecule has 286 valence electrons. The molecule has 57 heavy (non-hydrogen) atoms. The monoisotopic (exact) mass is 774 g/mol. The zero-order valence-electron chi connectivity index (χ0n) is 30.2. The predicted molar refractivity (Wildman–Crippen MR) is 198 cm³/mol. The third-order valence-corrected chi connectivity index (χ3v) is 8.25. The van der Waals surface area contributed by atoms with Crippen LogP contribution in [0.1, 0.15) is 90.6 Å². The van der Waals surface area contributed by atoms with Crippen molar-refractivity contribution in [3.05, 3.63) is 118 Å². The van der Waals surface area contributed by atoms with Gasteiger partial charge in [0.25, 0.3) is 0 Å². The van der Waals surface area contributed by atoms with Crippen molar-refractivity contribution < 1.29 is 42.6 Å². The van der Waals surface area contributed by atoms with Gasteiger partial charge in [0, 0.05) is 24.0 Å². The first kappa shape index (κ1) is 40.4. The van der Waals surface area contributed by atoms with E-state index in [0.717, 1.165) is 16.8 Å². The Morgan fingerprint density at radius 2 is 1.12 bits per heavy atom. The zero-order valence-corrected chi connectivity index (χ0v) is 30.2. The molecular weight excluding hydrogens is 745 g/mol. The molecule has 0 fully saturated rings. The molecule has 14 nitrogen and oxygen atoms in total. The van der Waals surface area contributed by atoms with E-state index >= 15 is 0 Å². The van der Waals surface area contributed by atoms with Crippen LogP contribution in [0.15, 0.2) is 73.1 Å². The Kier molecular flexibility index (Phi) is 11.8. The number of alkyl halides is 3. The van der Waals surface area contributed by atoms with Crippen LogP contribution in [0.4, 0.5) is 13.2 Å². The van der Waals surface area contributed by atoms with Gasteiger partial charge in [0.1, 0.15) is 22.8 Å². The summed E-state index contributed by atoms with van der Waals surface area (Å²) in [6, 6.07) is 13.4. The molecule has 0 atom stereocenters. The van der Waals surface area contributed by atoms with Crippen LogP contribution in [0, 0.1) is 31.6 Å². The number of carboxylic acid groups (broad SMARTS) is 2. The lowest BCUT2D eigenvalue weighted by Crippen LogP contribution is -2.14. The second kappa shape index (κ2) is 16.7. The first-order chi connectivity index (χ1) is 27.1. The van der Waals surface area contributed by atoms with Crippen molar-refractivity contribution in [1.29, 1.82) is 0 Å². The number of aromatic carboxylic acids is 2. The largest absolute Gasteiger partial charge is 0.478 e. The molecular formula is C40H29F3N8O6. The number of Topliss-reactive ketones (excluding diaryl/α,β-unsaturated/α-hetero) is 2. The van der Waals surface area contributed by atoms with Crippen LogP contribution in [0.5, 0.6) is 0 Å². The average Bonchev–Trinajstić information content (AvgIpc) is 3.91. The van der Waals surface area contributed by atoms with Gasteiger partial charge in [-0.2, -0.15) is 13.2 Å². The zero-order chi connectivity index (χ0) is 41.6. The Balaban J connectivity index is 0.000000374. The van der Waals surface area contributed by atoms with Crippen molar-refractivity contribution >= 4 is 23.5 Å². The molecule has 2 aromatic carbocycles. The minimum atomic E-state index is -4.92. The normalized spacial score (nSPS) is 10.8. The van der Waals surface area contributed by atoms with E-state index in [1.165, 1.54) is 29.1 Å². The number of rotatable bonds is 10. The van der Waals surface area contributed by atoms with Crippen LogP contribution in [-0.2, 0) is 6.18 Å². The lowest BCUT2D eigenvalue weighted by molar-refractivity contribution is -0.138. The number of halogens is 3. The molecule has 0 bridgehead atoms. The van der Waals surface area contributed by atoms with E-state index in [4.69, 9.17) is 18.0 Å². The van der Waals surface area contributed by atoms with Gasteiger partial charge in [-0.1, -0.05) is 36.1 Å². The van der Waals surface area contributed by atoms with Crippen LogP contribution in [0.25, 0.3) is 34.2 Å². The SMILES string of the molecule is C#Cc1cc(C(=O)CC)cc(C#C)n1.CCC(=O)c1cc(-c2cn(-c3ccc(C(=O)O)c(C)c3)nn2)nc(-c2cn(-c3ccc(C(=O)O)c(C(F)(F)F)c3)nn2)c1. The molecule has 4 aromatic heterocycles. The van der Waals surface area contributed by atoms with Gasteiger partial charge in [0.2, 0.25) is 0 Å². The number of terminal acetylenes is 2. The van der Waals surface area contributed by atoms with E-state index in [0.29, 0.717) is 40.7 Å². The van der Waals surface area contributed by atoms with Crippen LogP contribution in [0.2, 0.25) is 0 Å². The highest BCUT2D eigenvalue weighted by molar-refractivity contribution is 5.98. The van der Waals surface area contributed by atoms with Gasteiger partial charge in [-0.25, -0.2) is 28.9 Å². The standard InChI is InChI=1S/C28H20F3N7O5.C12H9NO/c1-3-25(39)15-9-21(23-12-37(35-33-23)16-4-6-18(26(40)41)14(2)8-16)32-22(10-15)24-13-38(36-34-24)17-5-7-19(27(42)43)20(11-17)28(29,30)31;1-4-10-7-9(12(14)6-3)8-11(5-2)13-10/h4-13H,3H2,1-2H3,(H,40,41)(H,42,43);1-2,7-8H,6H2,3H3. The van der Waals surface area contributed by atoms with E-state index in [-0.39, 0.29) is 57.6 Å². The molecule has 0 saturated heterocycles. The van der Waals surface area contributed by atoms with Crippen LogP contribution in [0.3, 0.4) is 0 Å². The van der Waals surface area contributed by atoms with Gasteiger partial charge in [-0.05, 0) is 73.2 Å². The Morgan fingerprint density at radius 3 is 1.54 bits per heavy atom. The Bertz CT molecular complexity index is 2620. The summed E-state index contributed by atoms with van der Waals surface area (Å²) < 4.78 is 43.0. The number of aromatic nitrogens is 8. The third-order valence-electron chi connectivity index (χ3n) is 8.25. The third kappa shape index (κ3) is 9.13. The Labute approximate surface area is 322 Å². The van der Waals surface area contributed by atoms with Gasteiger partial charge >= 0.3 is 18.1 Å². The molecule has 6 aromatic rings. The van der Waals surface area contributed by atoms with Crippen LogP contribution < -0.4 is 0 Å². The summed E-state index contributed by atoms with van der Waals surface area (Å²) in [6.45, 7) is 5.11. The lowest BCUT2D eigenvalue weighted by atomic mass is 10.1. The van der Waals surface area contributed by atoms with Gasteiger partial charge in [0.05, 0.1) is 51.8 Å². The number of hydrogen-bond donors (Lipinski definition) is 2. The fraction of sp³-hybridized carbons (Fsp3) is 0.150. The summed E-state index contributed by atoms with van der Waals surface area (Å²) in [6.07, 6.45) is 8.90. The number of carboxylic acids is 2. The van der Waals surface area contributed by atoms with Gasteiger partial charge in [-0.3, -0.25) is 9.59 Å². The highest BCUT2D eigenvalue weighted by atomic mass is 19.4. The highest BCUT2D eigenvalue weighted by Gasteiger charge is 2.36. The second-order valence-electron chi connectivity index (χ2n) is 12.0. The summed E-state index contributed by atoms with van der Waals surface area (Å²) in [7, 11) is 0. The summed E-state index contributed by atoms with van der Waals surface area (Å²) in [5.41, 5.74) is 1.28. The topological polar surface area (TPSA) is 196 Å². The van der Waals surface area contributed by atoms with E-state index < -0.39 is 29.2 Å². The molecule has 0 spiro atoms. The average molecular weight is 775 g/mol. The van der Waals surface area contributed by atoms with Gasteiger partial charge in [-0.15, -0.1) is 23.0 Å². The maximum atomic E-state index is 13.5. The second-order valence-corrected chi connectivity index (χ2v) is 12.0. The van der Waals surface area contributed by atoms with Crippen molar-refractivity contribution in [3.8, 4) is 58.8 Å². The molecule has 4 heterocycles.